The lowest BCUT2D eigenvalue weighted by Crippen LogP contribution is -2.46. The number of ether oxygens (including phenoxy) is 2. The van der Waals surface area contributed by atoms with Crippen molar-refractivity contribution in [3.05, 3.63) is 251 Å². The molecular formula is C76H81N11O8. The van der Waals surface area contributed by atoms with Crippen LogP contribution in [0.15, 0.2) is 189 Å². The van der Waals surface area contributed by atoms with Crippen LogP contribution < -0.4 is 5.32 Å². The van der Waals surface area contributed by atoms with E-state index in [0.29, 0.717) is 93.4 Å². The van der Waals surface area contributed by atoms with E-state index in [9.17, 15) is 24.0 Å². The van der Waals surface area contributed by atoms with Gasteiger partial charge < -0.3 is 39.7 Å². The number of benzene rings is 5. The molecule has 13 rings (SSSR count). The summed E-state index contributed by atoms with van der Waals surface area (Å²) in [6.07, 6.45) is 21.2. The minimum absolute atomic E-state index is 0.0535. The number of nitrogens with one attached hydrogen (secondary N) is 3. The van der Waals surface area contributed by atoms with Crippen molar-refractivity contribution >= 4 is 51.3 Å². The minimum atomic E-state index is -0.556. The predicted molar refractivity (Wildman–Crippen MR) is 363 cm³/mol. The van der Waals surface area contributed by atoms with Gasteiger partial charge in [-0.3, -0.25) is 14.4 Å². The molecule has 5 aromatic heterocycles. The number of nitrogens with zero attached hydrogens (tertiary/aromatic N) is 8. The van der Waals surface area contributed by atoms with Crippen LogP contribution >= 0.6 is 0 Å². The number of hydrogen-bond donors (Lipinski definition) is 4. The molecule has 10 aromatic rings. The van der Waals surface area contributed by atoms with Crippen LogP contribution in [0, 0.1) is 0 Å². The van der Waals surface area contributed by atoms with Gasteiger partial charge in [0, 0.05) is 133 Å². The van der Waals surface area contributed by atoms with Crippen molar-refractivity contribution < 1.29 is 38.6 Å². The summed E-state index contributed by atoms with van der Waals surface area (Å²) < 4.78 is 10.0. The largest absolute Gasteiger partial charge is 0.462 e. The Balaban J connectivity index is 0.000000148. The number of H-pyrrole nitrogens is 2. The van der Waals surface area contributed by atoms with Gasteiger partial charge in [0.15, 0.2) is 5.78 Å². The fourth-order valence-electron chi connectivity index (χ4n) is 13.6. The monoisotopic (exact) mass is 1280 g/mol. The van der Waals surface area contributed by atoms with E-state index in [4.69, 9.17) is 14.6 Å². The number of para-hydroxylation sites is 2. The number of hydrogen-bond acceptors (Lipinski definition) is 15. The molecule has 488 valence electrons. The number of amides is 2. The smallest absolute Gasteiger partial charge is 0.341 e. The Bertz CT molecular complexity index is 4160. The van der Waals surface area contributed by atoms with Crippen molar-refractivity contribution in [1.82, 2.24) is 55.0 Å². The summed E-state index contributed by atoms with van der Waals surface area (Å²) in [4.78, 5) is 98.9. The standard InChI is InChI=1S/C29H30N4O3.C28H28N4O3.C19H23N3O2/c1-2-36-28(35)22-19-31-26(32-20-22)17-29(23-8-4-3-5-9-23)12-14-33(15-13-29)27(34)16-21-18-30-25-11-7-6-10-24(21)25;33-19-25(34)21-17-30-26(31-18-21)15-28(22-6-2-1-3-7-22)10-12-32(13-11-28)27(35)14-20-16-29-24-9-5-4-8-23(20)24;1-2-24-18(23)15-13-21-17(22-14-15)12-19(8-10-20-11-9-19)16-6-4-3-5-7-16/h3-11,18-20,30H,2,12-17H2,1H3;1-9,16-18,29,33H,10-15,19H2;3-7,13-14,20H,2,8-12H2,1H3. The number of ketones is 1. The van der Waals surface area contributed by atoms with E-state index in [1.807, 2.05) is 95.0 Å². The van der Waals surface area contributed by atoms with Crippen molar-refractivity contribution in [2.45, 2.75) is 101 Å². The van der Waals surface area contributed by atoms with E-state index in [2.05, 4.69) is 112 Å². The molecule has 3 aliphatic rings. The van der Waals surface area contributed by atoms with Crippen LogP contribution in [0.5, 0.6) is 0 Å². The Kier molecular flexibility index (Phi) is 21.8. The number of rotatable bonds is 19. The summed E-state index contributed by atoms with van der Waals surface area (Å²) in [5.74, 6) is 1.22. The highest BCUT2D eigenvalue weighted by atomic mass is 16.5. The molecule has 3 fully saturated rings. The number of aromatic amines is 2. The summed E-state index contributed by atoms with van der Waals surface area (Å²) in [7, 11) is 0. The highest BCUT2D eigenvalue weighted by Crippen LogP contribution is 2.41. The predicted octanol–water partition coefficient (Wildman–Crippen LogP) is 10.5. The van der Waals surface area contributed by atoms with E-state index in [-0.39, 0.29) is 34.0 Å². The van der Waals surface area contributed by atoms with Crippen molar-refractivity contribution in [1.29, 1.82) is 0 Å². The van der Waals surface area contributed by atoms with Gasteiger partial charge in [0.25, 0.3) is 0 Å². The first-order valence-electron chi connectivity index (χ1n) is 32.8. The molecule has 0 bridgehead atoms. The van der Waals surface area contributed by atoms with Crippen LogP contribution in [-0.4, -0.2) is 143 Å². The van der Waals surface area contributed by atoms with Crippen molar-refractivity contribution in [3.63, 3.8) is 0 Å². The van der Waals surface area contributed by atoms with Gasteiger partial charge in [0.1, 0.15) is 24.1 Å². The van der Waals surface area contributed by atoms with E-state index in [1.165, 1.54) is 29.1 Å². The fraction of sp³-hybridized carbons (Fsp3) is 0.329. The molecule has 0 aliphatic carbocycles. The number of carbonyl (C=O) groups is 5. The van der Waals surface area contributed by atoms with E-state index >= 15 is 0 Å². The first-order chi connectivity index (χ1) is 46.4. The van der Waals surface area contributed by atoms with E-state index in [1.54, 1.807) is 38.6 Å². The van der Waals surface area contributed by atoms with Gasteiger partial charge in [-0.05, 0) is 105 Å². The Hall–Kier alpha value is -10.1. The van der Waals surface area contributed by atoms with Crippen LogP contribution in [-0.2, 0) is 67.4 Å². The number of aromatic nitrogens is 8. The molecule has 4 N–H and O–H groups in total. The summed E-state index contributed by atoms with van der Waals surface area (Å²) in [5.41, 5.74) is 8.68. The number of piperidine rings is 3. The Morgan fingerprint density at radius 1 is 0.442 bits per heavy atom. The van der Waals surface area contributed by atoms with E-state index < -0.39 is 18.4 Å². The second kappa shape index (κ2) is 31.2. The Morgan fingerprint density at radius 3 is 1.12 bits per heavy atom. The number of Topliss-reactive ketones (excluding diaryl/α,β-unsaturated/α-hetero) is 1. The van der Waals surface area contributed by atoms with Crippen LogP contribution in [0.4, 0.5) is 0 Å². The molecule has 0 spiro atoms. The topological polar surface area (TPSA) is 251 Å². The van der Waals surface area contributed by atoms with Crippen LogP contribution in [0.3, 0.4) is 0 Å². The molecule has 0 atom stereocenters. The third-order valence-corrected chi connectivity index (χ3v) is 19.0. The molecule has 95 heavy (non-hydrogen) atoms. The summed E-state index contributed by atoms with van der Waals surface area (Å²) in [6.45, 7) is 8.34. The summed E-state index contributed by atoms with van der Waals surface area (Å²) >= 11 is 0. The van der Waals surface area contributed by atoms with E-state index in [0.717, 1.165) is 96.8 Å². The molecule has 19 heteroatoms. The molecule has 5 aromatic carbocycles. The molecular weight excluding hydrogens is 1190 g/mol. The molecule has 8 heterocycles. The molecule has 0 saturated carbocycles. The molecule has 2 amide bonds. The highest BCUT2D eigenvalue weighted by molar-refractivity contribution is 5.96. The SMILES string of the molecule is CCOC(=O)c1cnc(CC2(c3ccccc3)CCN(C(=O)Cc3c[nH]c4ccccc34)CC2)nc1.CCOC(=O)c1cnc(CC2(c3ccccc3)CCNCC2)nc1.O=C(CO)c1cnc(CC2(c3ccccc3)CCN(C(=O)Cc3c[nH]c4ccccc34)CC2)nc1. The molecule has 3 aliphatic heterocycles. The zero-order valence-electron chi connectivity index (χ0n) is 53.9. The van der Waals surface area contributed by atoms with Crippen LogP contribution in [0.1, 0.15) is 129 Å². The van der Waals surface area contributed by atoms with Gasteiger partial charge in [-0.1, -0.05) is 127 Å². The normalized spacial score (nSPS) is 15.5. The maximum absolute atomic E-state index is 13.2. The first-order valence-corrected chi connectivity index (χ1v) is 32.8. The van der Waals surface area contributed by atoms with Gasteiger partial charge in [0.05, 0.1) is 42.7 Å². The molecule has 19 nitrogen and oxygen atoms in total. The van der Waals surface area contributed by atoms with Gasteiger partial charge in [-0.25, -0.2) is 39.5 Å². The van der Waals surface area contributed by atoms with Gasteiger partial charge in [-0.15, -0.1) is 0 Å². The Labute approximate surface area is 553 Å². The lowest BCUT2D eigenvalue weighted by Gasteiger charge is -2.42. The second-order valence-corrected chi connectivity index (χ2v) is 24.7. The lowest BCUT2D eigenvalue weighted by molar-refractivity contribution is -0.132. The van der Waals surface area contributed by atoms with Crippen LogP contribution in [0.25, 0.3) is 21.8 Å². The number of fused-ring (bicyclic) bond motifs is 2. The average molecular weight is 1280 g/mol. The third-order valence-electron chi connectivity index (χ3n) is 19.0. The number of aliphatic hydroxyl groups excluding tert-OH is 1. The zero-order valence-corrected chi connectivity index (χ0v) is 53.9. The number of carbonyl (C=O) groups excluding carboxylic acids is 5. The fourth-order valence-corrected chi connectivity index (χ4v) is 13.6. The van der Waals surface area contributed by atoms with Gasteiger partial charge in [0.2, 0.25) is 11.8 Å². The van der Waals surface area contributed by atoms with Gasteiger partial charge in [-0.2, -0.15) is 0 Å². The van der Waals surface area contributed by atoms with Crippen molar-refractivity contribution in [2.24, 2.45) is 0 Å². The first kappa shape index (κ1) is 66.3. The van der Waals surface area contributed by atoms with Crippen molar-refractivity contribution in [3.8, 4) is 0 Å². The molecule has 0 radical (unpaired) electrons. The molecule has 3 saturated heterocycles. The zero-order chi connectivity index (χ0) is 66.0. The number of likely N-dealkylation sites (tertiary alicyclic amines) is 2. The van der Waals surface area contributed by atoms with Crippen LogP contribution in [0.2, 0.25) is 0 Å². The van der Waals surface area contributed by atoms with Gasteiger partial charge >= 0.3 is 11.9 Å². The highest BCUT2D eigenvalue weighted by Gasteiger charge is 2.41. The number of esters is 2. The minimum Gasteiger partial charge on any atom is -0.462 e. The second-order valence-electron chi connectivity index (χ2n) is 24.7. The Morgan fingerprint density at radius 2 is 0.768 bits per heavy atom. The average Bonchev–Trinajstić information content (AvgIpc) is 1.56. The van der Waals surface area contributed by atoms with Crippen molar-refractivity contribution in [2.75, 3.05) is 59.1 Å². The summed E-state index contributed by atoms with van der Waals surface area (Å²) in [6, 6.07) is 47.5. The lowest BCUT2D eigenvalue weighted by atomic mass is 9.70. The molecule has 0 unspecified atom stereocenters. The summed E-state index contributed by atoms with van der Waals surface area (Å²) in [5, 5.41) is 14.7. The maximum Gasteiger partial charge on any atom is 0.341 e. The third kappa shape index (κ3) is 16.1. The number of aliphatic hydroxyl groups is 1. The quantitative estimate of drug-likeness (QED) is 0.0434. The maximum atomic E-state index is 13.2.